The van der Waals surface area contributed by atoms with Crippen LogP contribution in [-0.2, 0) is 14.3 Å². The monoisotopic (exact) mass is 325 g/mol. The van der Waals surface area contributed by atoms with Crippen LogP contribution in [0.4, 0.5) is 0 Å². The fourth-order valence-electron chi connectivity index (χ4n) is 2.41. The highest BCUT2D eigenvalue weighted by molar-refractivity contribution is 5.92. The maximum atomic E-state index is 12.1. The van der Waals surface area contributed by atoms with E-state index in [9.17, 15) is 24.9 Å². The van der Waals surface area contributed by atoms with Crippen LogP contribution in [0.1, 0.15) is 24.2 Å². The number of esters is 1. The molecule has 2 rings (SSSR count). The first kappa shape index (κ1) is 16.9. The molecule has 0 radical (unpaired) electrons. The molecule has 1 aliphatic rings. The van der Waals surface area contributed by atoms with E-state index in [1.807, 2.05) is 13.8 Å². The zero-order valence-corrected chi connectivity index (χ0v) is 12.9. The minimum absolute atomic E-state index is 0.0932. The Morgan fingerprint density at radius 3 is 2.22 bits per heavy atom. The summed E-state index contributed by atoms with van der Waals surface area (Å²) in [7, 11) is 0. The number of carbonyl (C=O) groups is 2. The highest BCUT2D eigenvalue weighted by Gasteiger charge is 2.26. The topological polar surface area (TPSA) is 117 Å². The van der Waals surface area contributed by atoms with Crippen molar-refractivity contribution in [3.05, 3.63) is 17.7 Å². The van der Waals surface area contributed by atoms with E-state index in [2.05, 4.69) is 0 Å². The second kappa shape index (κ2) is 6.74. The quantitative estimate of drug-likeness (QED) is 0.550. The molecule has 0 aromatic heterocycles. The molecule has 126 valence electrons. The lowest BCUT2D eigenvalue weighted by molar-refractivity contribution is -0.146. The van der Waals surface area contributed by atoms with Crippen molar-refractivity contribution in [3.8, 4) is 17.2 Å². The minimum Gasteiger partial charge on any atom is -0.504 e. The van der Waals surface area contributed by atoms with Crippen molar-refractivity contribution in [2.45, 2.75) is 26.1 Å². The Balaban J connectivity index is 1.95. The molecular formula is C15H19NO7. The summed E-state index contributed by atoms with van der Waals surface area (Å²) in [5.74, 6) is -3.28. The summed E-state index contributed by atoms with van der Waals surface area (Å²) >= 11 is 0. The van der Waals surface area contributed by atoms with E-state index in [1.54, 1.807) is 4.90 Å². The van der Waals surface area contributed by atoms with Crippen LogP contribution in [0.3, 0.4) is 0 Å². The molecule has 0 saturated carbocycles. The first-order chi connectivity index (χ1) is 10.8. The number of ether oxygens (including phenoxy) is 2. The van der Waals surface area contributed by atoms with Crippen LogP contribution < -0.4 is 0 Å². The number of rotatable bonds is 3. The smallest absolute Gasteiger partial charge is 0.338 e. The molecule has 1 heterocycles. The number of nitrogens with zero attached hydrogens (tertiary/aromatic N) is 1. The summed E-state index contributed by atoms with van der Waals surface area (Å²) in [6.45, 7) is 4.08. The van der Waals surface area contributed by atoms with Crippen molar-refractivity contribution in [1.82, 2.24) is 4.90 Å². The van der Waals surface area contributed by atoms with Crippen LogP contribution in [0, 0.1) is 0 Å². The molecule has 1 aromatic rings. The van der Waals surface area contributed by atoms with E-state index in [1.165, 1.54) is 0 Å². The van der Waals surface area contributed by atoms with Crippen molar-refractivity contribution in [2.24, 2.45) is 0 Å². The molecular weight excluding hydrogens is 306 g/mol. The van der Waals surface area contributed by atoms with Crippen molar-refractivity contribution in [2.75, 3.05) is 19.7 Å². The van der Waals surface area contributed by atoms with Crippen LogP contribution in [-0.4, -0.2) is 64.0 Å². The summed E-state index contributed by atoms with van der Waals surface area (Å²) in [4.78, 5) is 25.5. The fraction of sp³-hybridized carbons (Fsp3) is 0.467. The molecule has 1 aliphatic heterocycles. The van der Waals surface area contributed by atoms with Gasteiger partial charge in [0.15, 0.2) is 23.9 Å². The number of amides is 1. The average Bonchev–Trinajstić information content (AvgIpc) is 2.48. The molecule has 23 heavy (non-hydrogen) atoms. The van der Waals surface area contributed by atoms with Gasteiger partial charge in [0.2, 0.25) is 0 Å². The van der Waals surface area contributed by atoms with Gasteiger partial charge >= 0.3 is 5.97 Å². The van der Waals surface area contributed by atoms with E-state index >= 15 is 0 Å². The van der Waals surface area contributed by atoms with Crippen LogP contribution >= 0.6 is 0 Å². The molecule has 2 unspecified atom stereocenters. The van der Waals surface area contributed by atoms with Gasteiger partial charge in [0.05, 0.1) is 17.8 Å². The van der Waals surface area contributed by atoms with E-state index in [0.29, 0.717) is 13.1 Å². The number of aromatic hydroxyl groups is 3. The predicted molar refractivity (Wildman–Crippen MR) is 78.3 cm³/mol. The van der Waals surface area contributed by atoms with E-state index in [-0.39, 0.29) is 23.7 Å². The molecule has 1 amide bonds. The zero-order valence-electron chi connectivity index (χ0n) is 12.9. The van der Waals surface area contributed by atoms with Gasteiger partial charge in [0.1, 0.15) is 0 Å². The largest absolute Gasteiger partial charge is 0.504 e. The second-order valence-electron chi connectivity index (χ2n) is 5.50. The van der Waals surface area contributed by atoms with Gasteiger partial charge in [-0.05, 0) is 26.0 Å². The van der Waals surface area contributed by atoms with Gasteiger partial charge in [0.25, 0.3) is 5.91 Å². The van der Waals surface area contributed by atoms with Crippen LogP contribution in [0.25, 0.3) is 0 Å². The summed E-state index contributed by atoms with van der Waals surface area (Å²) in [5.41, 5.74) is -0.172. The lowest BCUT2D eigenvalue weighted by Gasteiger charge is -2.35. The SMILES string of the molecule is CC1CN(C(=O)COC(=O)c2cc(O)c(O)c(O)c2)CC(C)O1. The van der Waals surface area contributed by atoms with Gasteiger partial charge in [0, 0.05) is 13.1 Å². The normalized spacial score (nSPS) is 21.0. The highest BCUT2D eigenvalue weighted by atomic mass is 16.5. The van der Waals surface area contributed by atoms with Crippen molar-refractivity contribution in [3.63, 3.8) is 0 Å². The maximum Gasteiger partial charge on any atom is 0.338 e. The Labute approximate surface area is 132 Å². The third-order valence-corrected chi connectivity index (χ3v) is 3.40. The summed E-state index contributed by atoms with van der Waals surface area (Å²) in [5, 5.41) is 28.0. The Kier molecular flexibility index (Phi) is 4.95. The third kappa shape index (κ3) is 4.04. The number of phenols is 3. The van der Waals surface area contributed by atoms with Crippen molar-refractivity contribution < 1.29 is 34.4 Å². The number of carbonyl (C=O) groups excluding carboxylic acids is 2. The van der Waals surface area contributed by atoms with Crippen molar-refractivity contribution >= 4 is 11.9 Å². The maximum absolute atomic E-state index is 12.1. The molecule has 8 nitrogen and oxygen atoms in total. The van der Waals surface area contributed by atoms with Gasteiger partial charge < -0.3 is 29.7 Å². The molecule has 0 spiro atoms. The molecule has 0 aliphatic carbocycles. The Morgan fingerprint density at radius 1 is 1.17 bits per heavy atom. The van der Waals surface area contributed by atoms with E-state index in [4.69, 9.17) is 9.47 Å². The minimum atomic E-state index is -0.890. The third-order valence-electron chi connectivity index (χ3n) is 3.40. The van der Waals surface area contributed by atoms with Crippen LogP contribution in [0.2, 0.25) is 0 Å². The zero-order chi connectivity index (χ0) is 17.1. The number of phenolic OH excluding ortho intramolecular Hbond substituents is 3. The molecule has 3 N–H and O–H groups in total. The standard InChI is InChI=1S/C15H19NO7/c1-8-5-16(6-9(2)23-8)13(19)7-22-15(21)10-3-11(17)14(20)12(18)4-10/h3-4,8-9,17-18,20H,5-7H2,1-2H3. The Morgan fingerprint density at radius 2 is 1.70 bits per heavy atom. The predicted octanol–water partition coefficient (Wildman–Crippen LogP) is 0.596. The van der Waals surface area contributed by atoms with E-state index < -0.39 is 29.8 Å². The summed E-state index contributed by atoms with van der Waals surface area (Å²) < 4.78 is 10.4. The van der Waals surface area contributed by atoms with Gasteiger partial charge in [-0.2, -0.15) is 0 Å². The molecule has 0 bridgehead atoms. The number of benzene rings is 1. The van der Waals surface area contributed by atoms with Gasteiger partial charge in [-0.3, -0.25) is 4.79 Å². The lowest BCUT2D eigenvalue weighted by Crippen LogP contribution is -2.49. The molecule has 1 saturated heterocycles. The first-order valence-corrected chi connectivity index (χ1v) is 7.13. The number of hydrogen-bond donors (Lipinski definition) is 3. The van der Waals surface area contributed by atoms with Gasteiger partial charge in [-0.1, -0.05) is 0 Å². The second-order valence-corrected chi connectivity index (χ2v) is 5.50. The average molecular weight is 325 g/mol. The van der Waals surface area contributed by atoms with Crippen LogP contribution in [0.15, 0.2) is 12.1 Å². The summed E-state index contributed by atoms with van der Waals surface area (Å²) in [6.07, 6.45) is -0.186. The molecule has 8 heteroatoms. The molecule has 1 fully saturated rings. The fourth-order valence-corrected chi connectivity index (χ4v) is 2.41. The van der Waals surface area contributed by atoms with Crippen LogP contribution in [0.5, 0.6) is 17.2 Å². The Hall–Kier alpha value is -2.48. The number of hydrogen-bond acceptors (Lipinski definition) is 7. The van der Waals surface area contributed by atoms with E-state index in [0.717, 1.165) is 12.1 Å². The van der Waals surface area contributed by atoms with Gasteiger partial charge in [-0.25, -0.2) is 4.79 Å². The highest BCUT2D eigenvalue weighted by Crippen LogP contribution is 2.35. The lowest BCUT2D eigenvalue weighted by atomic mass is 10.2. The first-order valence-electron chi connectivity index (χ1n) is 7.13. The molecule has 1 aromatic carbocycles. The Bertz CT molecular complexity index is 583. The summed E-state index contributed by atoms with van der Waals surface area (Å²) in [6, 6.07) is 1.89. The molecule has 2 atom stereocenters. The number of morpholine rings is 1. The van der Waals surface area contributed by atoms with Crippen molar-refractivity contribution in [1.29, 1.82) is 0 Å². The van der Waals surface area contributed by atoms with Gasteiger partial charge in [-0.15, -0.1) is 0 Å².